The fourth-order valence-corrected chi connectivity index (χ4v) is 2.73. The van der Waals surface area contributed by atoms with Crippen LogP contribution in [0.4, 0.5) is 5.95 Å². The van der Waals surface area contributed by atoms with Crippen molar-refractivity contribution in [2.24, 2.45) is 0 Å². The number of aromatic nitrogens is 2. The number of carbonyl (C=O) groups excluding carboxylic acids is 2. The van der Waals surface area contributed by atoms with Crippen molar-refractivity contribution in [1.82, 2.24) is 19.8 Å². The quantitative estimate of drug-likeness (QED) is 0.732. The Kier molecular flexibility index (Phi) is 3.98. The number of amides is 2. The average molecular weight is 289 g/mol. The number of piperazine rings is 1. The van der Waals surface area contributed by atoms with E-state index >= 15 is 0 Å². The monoisotopic (exact) mass is 289 g/mol. The zero-order chi connectivity index (χ0) is 14.7. The largest absolute Gasteiger partial charge is 0.342 e. The fraction of sp³-hybridized carbons (Fsp3) is 0.571. The number of rotatable bonds is 3. The standard InChI is InChI=1S/C14H19N5O2/c20-11-17-5-7-18(8-6-17)13(21)12-9-15-14(16-10-12)19-3-1-2-4-19/h9-11H,1-8H2. The molecule has 1 aromatic heterocycles. The molecular formula is C14H19N5O2. The van der Waals surface area contributed by atoms with Crippen LogP contribution in [0.15, 0.2) is 12.4 Å². The van der Waals surface area contributed by atoms with Crippen molar-refractivity contribution in [1.29, 1.82) is 0 Å². The number of hydrogen-bond donors (Lipinski definition) is 0. The summed E-state index contributed by atoms with van der Waals surface area (Å²) in [5.74, 6) is 0.642. The molecule has 0 saturated carbocycles. The van der Waals surface area contributed by atoms with Crippen molar-refractivity contribution in [2.75, 3.05) is 44.2 Å². The zero-order valence-corrected chi connectivity index (χ0v) is 11.9. The highest BCUT2D eigenvalue weighted by Gasteiger charge is 2.22. The van der Waals surface area contributed by atoms with Gasteiger partial charge in [0.05, 0.1) is 5.56 Å². The van der Waals surface area contributed by atoms with E-state index in [-0.39, 0.29) is 5.91 Å². The van der Waals surface area contributed by atoms with Gasteiger partial charge >= 0.3 is 0 Å². The van der Waals surface area contributed by atoms with Crippen LogP contribution in [0.3, 0.4) is 0 Å². The SMILES string of the molecule is O=CN1CCN(C(=O)c2cnc(N3CCCC3)nc2)CC1. The molecule has 2 aliphatic rings. The second kappa shape index (κ2) is 6.07. The first-order valence-corrected chi connectivity index (χ1v) is 7.33. The van der Waals surface area contributed by atoms with E-state index in [2.05, 4.69) is 14.9 Å². The topological polar surface area (TPSA) is 69.6 Å². The molecule has 3 heterocycles. The lowest BCUT2D eigenvalue weighted by Gasteiger charge is -2.32. The van der Waals surface area contributed by atoms with Crippen LogP contribution in [-0.4, -0.2) is 71.4 Å². The van der Waals surface area contributed by atoms with E-state index in [4.69, 9.17) is 0 Å². The van der Waals surface area contributed by atoms with Crippen LogP contribution in [0.1, 0.15) is 23.2 Å². The van der Waals surface area contributed by atoms with Gasteiger partial charge < -0.3 is 14.7 Å². The molecule has 0 atom stereocenters. The first-order valence-electron chi connectivity index (χ1n) is 7.33. The van der Waals surface area contributed by atoms with Crippen molar-refractivity contribution in [3.8, 4) is 0 Å². The summed E-state index contributed by atoms with van der Waals surface area (Å²) in [5, 5.41) is 0. The summed E-state index contributed by atoms with van der Waals surface area (Å²) >= 11 is 0. The third-order valence-electron chi connectivity index (χ3n) is 4.02. The minimum absolute atomic E-state index is 0.0616. The molecule has 1 aromatic rings. The fourth-order valence-electron chi connectivity index (χ4n) is 2.73. The summed E-state index contributed by atoms with van der Waals surface area (Å²) in [4.78, 5) is 37.2. The molecule has 7 heteroatoms. The van der Waals surface area contributed by atoms with Crippen molar-refractivity contribution in [3.63, 3.8) is 0 Å². The predicted molar refractivity (Wildman–Crippen MR) is 77.0 cm³/mol. The van der Waals surface area contributed by atoms with Crippen molar-refractivity contribution in [2.45, 2.75) is 12.8 Å². The molecule has 0 spiro atoms. The Hall–Kier alpha value is -2.18. The predicted octanol–water partition coefficient (Wildman–Crippen LogP) is -0.00900. The summed E-state index contributed by atoms with van der Waals surface area (Å²) in [6.07, 6.45) is 6.38. The molecule has 2 saturated heterocycles. The van der Waals surface area contributed by atoms with Crippen molar-refractivity contribution >= 4 is 18.3 Å². The Morgan fingerprint density at radius 1 is 1.00 bits per heavy atom. The number of carbonyl (C=O) groups is 2. The Balaban J connectivity index is 1.63. The van der Waals surface area contributed by atoms with Gasteiger partial charge in [-0.1, -0.05) is 0 Å². The summed E-state index contributed by atoms with van der Waals surface area (Å²) in [5.41, 5.74) is 0.512. The molecule has 112 valence electrons. The van der Waals surface area contributed by atoms with Gasteiger partial charge in [0.25, 0.3) is 5.91 Å². The lowest BCUT2D eigenvalue weighted by Crippen LogP contribution is -2.48. The van der Waals surface area contributed by atoms with Crippen LogP contribution < -0.4 is 4.90 Å². The maximum absolute atomic E-state index is 12.4. The van der Waals surface area contributed by atoms with Gasteiger partial charge in [0.1, 0.15) is 0 Å². The van der Waals surface area contributed by atoms with Crippen LogP contribution in [0.25, 0.3) is 0 Å². The molecule has 0 radical (unpaired) electrons. The normalized spacial score (nSPS) is 19.0. The molecule has 2 aliphatic heterocycles. The van der Waals surface area contributed by atoms with Gasteiger partial charge in [-0.3, -0.25) is 9.59 Å². The van der Waals surface area contributed by atoms with Crippen molar-refractivity contribution in [3.05, 3.63) is 18.0 Å². The minimum atomic E-state index is -0.0616. The molecule has 2 fully saturated rings. The van der Waals surface area contributed by atoms with Crippen LogP contribution >= 0.6 is 0 Å². The van der Waals surface area contributed by atoms with Gasteiger partial charge in [-0.2, -0.15) is 0 Å². The van der Waals surface area contributed by atoms with E-state index in [1.165, 1.54) is 12.8 Å². The number of anilines is 1. The van der Waals surface area contributed by atoms with Crippen LogP contribution in [0.2, 0.25) is 0 Å². The maximum atomic E-state index is 12.4. The highest BCUT2D eigenvalue weighted by Crippen LogP contribution is 2.15. The molecule has 0 aliphatic carbocycles. The Morgan fingerprint density at radius 2 is 1.62 bits per heavy atom. The summed E-state index contributed by atoms with van der Waals surface area (Å²) in [6.45, 7) is 4.27. The van der Waals surface area contributed by atoms with E-state index in [1.807, 2.05) is 0 Å². The lowest BCUT2D eigenvalue weighted by atomic mass is 10.2. The van der Waals surface area contributed by atoms with Gasteiger partial charge in [-0.15, -0.1) is 0 Å². The van der Waals surface area contributed by atoms with Gasteiger partial charge in [-0.05, 0) is 12.8 Å². The molecule has 3 rings (SSSR count). The maximum Gasteiger partial charge on any atom is 0.257 e. The van der Waals surface area contributed by atoms with E-state index in [0.29, 0.717) is 37.7 Å². The molecule has 21 heavy (non-hydrogen) atoms. The Morgan fingerprint density at radius 3 is 2.19 bits per heavy atom. The van der Waals surface area contributed by atoms with E-state index in [1.54, 1.807) is 22.2 Å². The second-order valence-corrected chi connectivity index (χ2v) is 5.40. The number of nitrogens with zero attached hydrogens (tertiary/aromatic N) is 5. The smallest absolute Gasteiger partial charge is 0.257 e. The van der Waals surface area contributed by atoms with Crippen LogP contribution in [-0.2, 0) is 4.79 Å². The molecule has 2 amide bonds. The van der Waals surface area contributed by atoms with Crippen LogP contribution in [0, 0.1) is 0 Å². The molecule has 0 bridgehead atoms. The molecule has 7 nitrogen and oxygen atoms in total. The number of hydrogen-bond acceptors (Lipinski definition) is 5. The molecule has 0 N–H and O–H groups in total. The second-order valence-electron chi connectivity index (χ2n) is 5.40. The van der Waals surface area contributed by atoms with E-state index in [9.17, 15) is 9.59 Å². The highest BCUT2D eigenvalue weighted by atomic mass is 16.2. The van der Waals surface area contributed by atoms with Gasteiger partial charge in [0.15, 0.2) is 0 Å². The molecule has 0 aromatic carbocycles. The average Bonchev–Trinajstić information content (AvgIpc) is 3.09. The van der Waals surface area contributed by atoms with Gasteiger partial charge in [0.2, 0.25) is 12.4 Å². The lowest BCUT2D eigenvalue weighted by molar-refractivity contribution is -0.119. The van der Waals surface area contributed by atoms with Gasteiger partial charge in [-0.25, -0.2) is 9.97 Å². The third-order valence-corrected chi connectivity index (χ3v) is 4.02. The van der Waals surface area contributed by atoms with E-state index < -0.39 is 0 Å². The summed E-state index contributed by atoms with van der Waals surface area (Å²) < 4.78 is 0. The summed E-state index contributed by atoms with van der Waals surface area (Å²) in [6, 6.07) is 0. The van der Waals surface area contributed by atoms with Crippen molar-refractivity contribution < 1.29 is 9.59 Å². The van der Waals surface area contributed by atoms with Gasteiger partial charge in [0, 0.05) is 51.7 Å². The first kappa shape index (κ1) is 13.8. The molecule has 0 unspecified atom stereocenters. The zero-order valence-electron chi connectivity index (χ0n) is 11.9. The summed E-state index contributed by atoms with van der Waals surface area (Å²) in [7, 11) is 0. The molecular weight excluding hydrogens is 270 g/mol. The van der Waals surface area contributed by atoms with E-state index in [0.717, 1.165) is 19.5 Å². The Labute approximate surface area is 123 Å². The van der Waals surface area contributed by atoms with Crippen LogP contribution in [0.5, 0.6) is 0 Å². The Bertz CT molecular complexity index is 505. The third kappa shape index (κ3) is 2.96. The highest BCUT2D eigenvalue weighted by molar-refractivity contribution is 5.93. The first-order chi connectivity index (χ1) is 10.3. The minimum Gasteiger partial charge on any atom is -0.342 e.